The van der Waals surface area contributed by atoms with E-state index in [4.69, 9.17) is 4.74 Å². The van der Waals surface area contributed by atoms with Crippen molar-refractivity contribution in [3.8, 4) is 0 Å². The van der Waals surface area contributed by atoms with E-state index in [1.54, 1.807) is 30.0 Å². The Morgan fingerprint density at radius 3 is 2.67 bits per heavy atom. The third-order valence-corrected chi connectivity index (χ3v) is 3.93. The largest absolute Gasteiger partial charge is 0.450 e. The molecule has 0 unspecified atom stereocenters. The average Bonchev–Trinajstić information content (AvgIpc) is 2.57. The summed E-state index contributed by atoms with van der Waals surface area (Å²) in [5.41, 5.74) is 0.396. The molecule has 6 nitrogen and oxygen atoms in total. The third kappa shape index (κ3) is 5.40. The van der Waals surface area contributed by atoms with Crippen LogP contribution in [-0.2, 0) is 9.53 Å². The zero-order valence-corrected chi connectivity index (χ0v) is 13.9. The number of carbonyl (C=O) groups excluding carboxylic acids is 2. The maximum Gasteiger partial charge on any atom is 0.409 e. The lowest BCUT2D eigenvalue weighted by atomic mass is 10.1. The Kier molecular flexibility index (Phi) is 6.84. The molecule has 24 heavy (non-hydrogen) atoms. The minimum Gasteiger partial charge on any atom is -0.450 e. The summed E-state index contributed by atoms with van der Waals surface area (Å²) in [5.74, 6) is -0.405. The van der Waals surface area contributed by atoms with Crippen LogP contribution in [0.4, 0.5) is 14.9 Å². The van der Waals surface area contributed by atoms with Gasteiger partial charge in [-0.1, -0.05) is 12.1 Å². The van der Waals surface area contributed by atoms with E-state index in [-0.39, 0.29) is 30.3 Å². The molecule has 0 saturated carbocycles. The topological polar surface area (TPSA) is 70.7 Å². The van der Waals surface area contributed by atoms with Crippen molar-refractivity contribution in [2.45, 2.75) is 32.2 Å². The molecule has 2 amide bonds. The lowest BCUT2D eigenvalue weighted by Crippen LogP contribution is -2.46. The molecule has 0 atom stereocenters. The molecule has 1 heterocycles. The fourth-order valence-corrected chi connectivity index (χ4v) is 2.64. The van der Waals surface area contributed by atoms with Crippen LogP contribution in [0.25, 0.3) is 0 Å². The van der Waals surface area contributed by atoms with Crippen molar-refractivity contribution in [1.82, 2.24) is 10.2 Å². The highest BCUT2D eigenvalue weighted by Gasteiger charge is 2.24. The number of likely N-dealkylation sites (tertiary alicyclic amines) is 1. The maximum atomic E-state index is 13.4. The van der Waals surface area contributed by atoms with Gasteiger partial charge in [0.1, 0.15) is 5.82 Å². The number of carbonyl (C=O) groups is 2. The molecule has 0 radical (unpaired) electrons. The van der Waals surface area contributed by atoms with E-state index in [2.05, 4.69) is 10.6 Å². The van der Waals surface area contributed by atoms with Crippen LogP contribution < -0.4 is 10.6 Å². The van der Waals surface area contributed by atoms with Gasteiger partial charge in [0, 0.05) is 32.1 Å². The van der Waals surface area contributed by atoms with Gasteiger partial charge in [0.25, 0.3) is 0 Å². The van der Waals surface area contributed by atoms with Crippen molar-refractivity contribution in [3.05, 3.63) is 30.1 Å². The zero-order chi connectivity index (χ0) is 17.4. The summed E-state index contributed by atoms with van der Waals surface area (Å²) in [7, 11) is 0. The van der Waals surface area contributed by atoms with Gasteiger partial charge >= 0.3 is 6.09 Å². The monoisotopic (exact) mass is 337 g/mol. The van der Waals surface area contributed by atoms with E-state index in [9.17, 15) is 14.0 Å². The number of hydrogen-bond donors (Lipinski definition) is 2. The second-order valence-corrected chi connectivity index (χ2v) is 5.68. The summed E-state index contributed by atoms with van der Waals surface area (Å²) < 4.78 is 18.4. The van der Waals surface area contributed by atoms with Crippen LogP contribution in [0.5, 0.6) is 0 Å². The first-order valence-corrected chi connectivity index (χ1v) is 8.29. The first-order valence-electron chi connectivity index (χ1n) is 8.29. The molecule has 0 aliphatic carbocycles. The number of para-hydroxylation sites is 1. The molecular weight excluding hydrogens is 313 g/mol. The SMILES string of the molecule is CCOC(=O)N1CCC(NC(=O)CCNc2ccccc2F)CC1. The Balaban J connectivity index is 1.65. The molecule has 132 valence electrons. The molecule has 1 fully saturated rings. The lowest BCUT2D eigenvalue weighted by molar-refractivity contribution is -0.121. The second kappa shape index (κ2) is 9.10. The Bertz CT molecular complexity index is 560. The summed E-state index contributed by atoms with van der Waals surface area (Å²) in [5, 5.41) is 5.87. The van der Waals surface area contributed by atoms with Gasteiger partial charge in [-0.3, -0.25) is 4.79 Å². The molecule has 1 aliphatic rings. The number of amides is 2. The first kappa shape index (κ1) is 18.0. The number of anilines is 1. The van der Waals surface area contributed by atoms with Gasteiger partial charge in [-0.2, -0.15) is 0 Å². The quantitative estimate of drug-likeness (QED) is 0.836. The molecule has 0 aromatic heterocycles. The van der Waals surface area contributed by atoms with E-state index in [1.807, 2.05) is 0 Å². The molecule has 2 rings (SSSR count). The summed E-state index contributed by atoms with van der Waals surface area (Å²) >= 11 is 0. The van der Waals surface area contributed by atoms with Crippen molar-refractivity contribution in [2.75, 3.05) is 31.6 Å². The van der Waals surface area contributed by atoms with E-state index in [0.717, 1.165) is 0 Å². The van der Waals surface area contributed by atoms with Crippen LogP contribution in [0, 0.1) is 5.82 Å². The molecule has 0 spiro atoms. The van der Waals surface area contributed by atoms with Gasteiger partial charge in [0.2, 0.25) is 5.91 Å². The smallest absolute Gasteiger partial charge is 0.409 e. The lowest BCUT2D eigenvalue weighted by Gasteiger charge is -2.31. The van der Waals surface area contributed by atoms with Gasteiger partial charge in [0.15, 0.2) is 0 Å². The van der Waals surface area contributed by atoms with Crippen molar-refractivity contribution in [2.24, 2.45) is 0 Å². The normalized spacial score (nSPS) is 15.0. The van der Waals surface area contributed by atoms with Crippen molar-refractivity contribution in [3.63, 3.8) is 0 Å². The minimum absolute atomic E-state index is 0.0663. The standard InChI is InChI=1S/C17H24FN3O3/c1-2-24-17(23)21-11-8-13(9-12-21)20-16(22)7-10-19-15-6-4-3-5-14(15)18/h3-6,13,19H,2,7-12H2,1H3,(H,20,22). The van der Waals surface area contributed by atoms with Crippen molar-refractivity contribution in [1.29, 1.82) is 0 Å². The van der Waals surface area contributed by atoms with Crippen LogP contribution in [0.2, 0.25) is 0 Å². The summed E-state index contributed by atoms with van der Waals surface area (Å²) in [4.78, 5) is 25.2. The Hall–Kier alpha value is -2.31. The number of halogens is 1. The Morgan fingerprint density at radius 1 is 1.29 bits per heavy atom. The number of rotatable bonds is 6. The van der Waals surface area contributed by atoms with E-state index in [1.165, 1.54) is 6.07 Å². The molecular formula is C17H24FN3O3. The number of ether oxygens (including phenoxy) is 1. The van der Waals surface area contributed by atoms with Crippen LogP contribution in [0.3, 0.4) is 0 Å². The van der Waals surface area contributed by atoms with Gasteiger partial charge in [-0.15, -0.1) is 0 Å². The number of nitrogens with one attached hydrogen (secondary N) is 2. The fourth-order valence-electron chi connectivity index (χ4n) is 2.64. The molecule has 0 bridgehead atoms. The highest BCUT2D eigenvalue weighted by molar-refractivity contribution is 5.77. The number of hydrogen-bond acceptors (Lipinski definition) is 4. The van der Waals surface area contributed by atoms with Crippen LogP contribution in [0.1, 0.15) is 26.2 Å². The second-order valence-electron chi connectivity index (χ2n) is 5.68. The number of benzene rings is 1. The number of piperidine rings is 1. The molecule has 1 aromatic rings. The molecule has 1 aliphatic heterocycles. The first-order chi connectivity index (χ1) is 11.6. The number of nitrogens with zero attached hydrogens (tertiary/aromatic N) is 1. The molecule has 1 aromatic carbocycles. The van der Waals surface area contributed by atoms with Gasteiger partial charge in [0.05, 0.1) is 12.3 Å². The van der Waals surface area contributed by atoms with Gasteiger partial charge in [-0.05, 0) is 31.9 Å². The van der Waals surface area contributed by atoms with E-state index < -0.39 is 0 Å². The van der Waals surface area contributed by atoms with Gasteiger partial charge < -0.3 is 20.3 Å². The van der Waals surface area contributed by atoms with E-state index in [0.29, 0.717) is 44.8 Å². The summed E-state index contributed by atoms with van der Waals surface area (Å²) in [6.45, 7) is 3.67. The summed E-state index contributed by atoms with van der Waals surface area (Å²) in [6, 6.07) is 6.44. The Labute approximate surface area is 141 Å². The third-order valence-electron chi connectivity index (χ3n) is 3.93. The molecule has 7 heteroatoms. The highest BCUT2D eigenvalue weighted by Crippen LogP contribution is 2.13. The maximum absolute atomic E-state index is 13.4. The van der Waals surface area contributed by atoms with E-state index >= 15 is 0 Å². The predicted molar refractivity (Wildman–Crippen MR) is 89.3 cm³/mol. The van der Waals surface area contributed by atoms with Crippen LogP contribution in [-0.4, -0.2) is 49.2 Å². The van der Waals surface area contributed by atoms with Crippen LogP contribution in [0.15, 0.2) is 24.3 Å². The van der Waals surface area contributed by atoms with Gasteiger partial charge in [-0.25, -0.2) is 9.18 Å². The minimum atomic E-state index is -0.329. The molecule has 2 N–H and O–H groups in total. The molecule has 1 saturated heterocycles. The predicted octanol–water partition coefficient (Wildman–Crippen LogP) is 2.36. The van der Waals surface area contributed by atoms with Crippen molar-refractivity contribution < 1.29 is 18.7 Å². The fraction of sp³-hybridized carbons (Fsp3) is 0.529. The highest BCUT2D eigenvalue weighted by atomic mass is 19.1. The average molecular weight is 337 g/mol. The summed E-state index contributed by atoms with van der Waals surface area (Å²) in [6.07, 6.45) is 1.40. The van der Waals surface area contributed by atoms with Crippen molar-refractivity contribution >= 4 is 17.7 Å². The van der Waals surface area contributed by atoms with Crippen LogP contribution >= 0.6 is 0 Å². The zero-order valence-electron chi connectivity index (χ0n) is 13.9. The Morgan fingerprint density at radius 2 is 2.00 bits per heavy atom.